The number of nitrogens with two attached hydrogens (primary N) is 1. The minimum absolute atomic E-state index is 0.139. The molecule has 1 heterocycles. The van der Waals surface area contributed by atoms with Crippen LogP contribution >= 0.6 is 0 Å². The molecule has 0 bridgehead atoms. The number of aliphatic imine (C=N–C) groups is 1. The largest absolute Gasteiger partial charge is 0.370 e. The summed E-state index contributed by atoms with van der Waals surface area (Å²) in [5.41, 5.74) is 7.48. The minimum Gasteiger partial charge on any atom is -0.370 e. The summed E-state index contributed by atoms with van der Waals surface area (Å²) >= 11 is 0. The van der Waals surface area contributed by atoms with Gasteiger partial charge < -0.3 is 16.0 Å². The molecule has 5 nitrogen and oxygen atoms in total. The van der Waals surface area contributed by atoms with E-state index in [0.717, 1.165) is 51.3 Å². The molecule has 0 aromatic heterocycles. The van der Waals surface area contributed by atoms with Crippen LogP contribution in [-0.4, -0.2) is 56.7 Å². The van der Waals surface area contributed by atoms with Crippen molar-refractivity contribution in [1.82, 2.24) is 10.2 Å². The smallest absolute Gasteiger partial charge is 0.188 e. The van der Waals surface area contributed by atoms with E-state index in [2.05, 4.69) is 26.7 Å². The molecule has 3 N–H and O–H groups in total. The SMILES string of the molecule is C=C(C)CN=C(N)NCCCN1CCN(c2ccccc2F)CC1. The highest BCUT2D eigenvalue weighted by molar-refractivity contribution is 5.77. The van der Waals surface area contributed by atoms with Crippen molar-refractivity contribution < 1.29 is 4.39 Å². The third-order valence-electron chi connectivity index (χ3n) is 4.04. The molecule has 2 rings (SSSR count). The summed E-state index contributed by atoms with van der Waals surface area (Å²) in [5.74, 6) is 0.335. The highest BCUT2D eigenvalue weighted by atomic mass is 19.1. The molecule has 1 aromatic carbocycles. The van der Waals surface area contributed by atoms with E-state index in [9.17, 15) is 4.39 Å². The molecule has 132 valence electrons. The van der Waals surface area contributed by atoms with Crippen molar-refractivity contribution in [3.05, 3.63) is 42.2 Å². The zero-order valence-corrected chi connectivity index (χ0v) is 14.5. The third-order valence-corrected chi connectivity index (χ3v) is 4.04. The monoisotopic (exact) mass is 333 g/mol. The fourth-order valence-electron chi connectivity index (χ4n) is 2.72. The number of guanidine groups is 1. The van der Waals surface area contributed by atoms with E-state index in [1.165, 1.54) is 6.07 Å². The molecular formula is C18H28FN5. The first-order chi connectivity index (χ1) is 11.6. The Kier molecular flexibility index (Phi) is 7.06. The first kappa shape index (κ1) is 18.3. The van der Waals surface area contributed by atoms with Gasteiger partial charge in [-0.3, -0.25) is 4.90 Å². The standard InChI is InChI=1S/C18H28FN5/c1-15(2)14-22-18(20)21-8-5-9-23-10-12-24(13-11-23)17-7-4-3-6-16(17)19/h3-4,6-7H,1,5,8-14H2,2H3,(H3,20,21,22). The van der Waals surface area contributed by atoms with Gasteiger partial charge in [0.2, 0.25) is 0 Å². The lowest BCUT2D eigenvalue weighted by Gasteiger charge is -2.36. The maximum atomic E-state index is 13.8. The summed E-state index contributed by atoms with van der Waals surface area (Å²) in [4.78, 5) is 8.71. The van der Waals surface area contributed by atoms with Crippen LogP contribution in [0.15, 0.2) is 41.4 Å². The first-order valence-corrected chi connectivity index (χ1v) is 8.46. The molecule has 1 aromatic rings. The maximum absolute atomic E-state index is 13.8. The molecule has 0 aliphatic carbocycles. The Bertz CT molecular complexity index is 564. The van der Waals surface area contributed by atoms with Crippen molar-refractivity contribution in [1.29, 1.82) is 0 Å². The maximum Gasteiger partial charge on any atom is 0.188 e. The molecule has 0 radical (unpaired) electrons. The number of rotatable bonds is 7. The molecular weight excluding hydrogens is 305 g/mol. The number of benzene rings is 1. The molecule has 0 spiro atoms. The molecule has 0 amide bonds. The zero-order valence-electron chi connectivity index (χ0n) is 14.5. The lowest BCUT2D eigenvalue weighted by atomic mass is 10.2. The van der Waals surface area contributed by atoms with E-state index >= 15 is 0 Å². The van der Waals surface area contributed by atoms with Crippen LogP contribution < -0.4 is 16.0 Å². The van der Waals surface area contributed by atoms with E-state index < -0.39 is 0 Å². The molecule has 1 aliphatic heterocycles. The fourth-order valence-corrected chi connectivity index (χ4v) is 2.72. The highest BCUT2D eigenvalue weighted by Gasteiger charge is 2.18. The number of para-hydroxylation sites is 1. The van der Waals surface area contributed by atoms with Crippen LogP contribution in [0.4, 0.5) is 10.1 Å². The fraction of sp³-hybridized carbons (Fsp3) is 0.500. The van der Waals surface area contributed by atoms with Crippen molar-refractivity contribution in [2.75, 3.05) is 50.7 Å². The van der Waals surface area contributed by atoms with Gasteiger partial charge >= 0.3 is 0 Å². The molecule has 1 saturated heterocycles. The van der Waals surface area contributed by atoms with Crippen molar-refractivity contribution in [2.45, 2.75) is 13.3 Å². The van der Waals surface area contributed by atoms with Crippen LogP contribution in [0.2, 0.25) is 0 Å². The minimum atomic E-state index is -0.139. The number of nitrogens with zero attached hydrogens (tertiary/aromatic N) is 3. The summed E-state index contributed by atoms with van der Waals surface area (Å²) in [7, 11) is 0. The number of piperazine rings is 1. The Balaban J connectivity index is 1.64. The third kappa shape index (κ3) is 5.85. The van der Waals surface area contributed by atoms with Gasteiger partial charge in [0.05, 0.1) is 12.2 Å². The van der Waals surface area contributed by atoms with Gasteiger partial charge in [-0.1, -0.05) is 24.3 Å². The van der Waals surface area contributed by atoms with E-state index in [1.54, 1.807) is 6.07 Å². The lowest BCUT2D eigenvalue weighted by molar-refractivity contribution is 0.254. The Morgan fingerprint density at radius 3 is 2.67 bits per heavy atom. The topological polar surface area (TPSA) is 56.9 Å². The van der Waals surface area contributed by atoms with Gasteiger partial charge in [0.25, 0.3) is 0 Å². The van der Waals surface area contributed by atoms with Crippen molar-refractivity contribution in [3.63, 3.8) is 0 Å². The Morgan fingerprint density at radius 2 is 2.00 bits per heavy atom. The van der Waals surface area contributed by atoms with Crippen molar-refractivity contribution >= 4 is 11.6 Å². The highest BCUT2D eigenvalue weighted by Crippen LogP contribution is 2.20. The van der Waals surface area contributed by atoms with Gasteiger partial charge in [0.15, 0.2) is 5.96 Å². The van der Waals surface area contributed by atoms with Crippen LogP contribution in [0.1, 0.15) is 13.3 Å². The first-order valence-electron chi connectivity index (χ1n) is 8.46. The zero-order chi connectivity index (χ0) is 17.4. The van der Waals surface area contributed by atoms with Gasteiger partial charge in [0, 0.05) is 32.7 Å². The number of anilines is 1. The van der Waals surface area contributed by atoms with Gasteiger partial charge in [-0.25, -0.2) is 9.38 Å². The molecule has 0 saturated carbocycles. The summed E-state index contributed by atoms with van der Waals surface area (Å²) in [5, 5.41) is 3.12. The second-order valence-electron chi connectivity index (χ2n) is 6.22. The quantitative estimate of drug-likeness (QED) is 0.346. The summed E-state index contributed by atoms with van der Waals surface area (Å²) in [6, 6.07) is 6.99. The second kappa shape index (κ2) is 9.27. The van der Waals surface area contributed by atoms with Gasteiger partial charge in [-0.05, 0) is 32.0 Å². The summed E-state index contributed by atoms with van der Waals surface area (Å²) < 4.78 is 13.8. The summed E-state index contributed by atoms with van der Waals surface area (Å²) in [6.45, 7) is 11.7. The van der Waals surface area contributed by atoms with E-state index in [-0.39, 0.29) is 5.82 Å². The molecule has 24 heavy (non-hydrogen) atoms. The number of halogens is 1. The second-order valence-corrected chi connectivity index (χ2v) is 6.22. The Morgan fingerprint density at radius 1 is 1.29 bits per heavy atom. The molecule has 0 atom stereocenters. The van der Waals surface area contributed by atoms with Gasteiger partial charge in [-0.2, -0.15) is 0 Å². The van der Waals surface area contributed by atoms with Crippen LogP contribution in [0.3, 0.4) is 0 Å². The Hall–Kier alpha value is -2.08. The summed E-state index contributed by atoms with van der Waals surface area (Å²) in [6.07, 6.45) is 1.00. The number of nitrogens with one attached hydrogen (secondary N) is 1. The Labute approximate surface area is 144 Å². The average Bonchev–Trinajstić information content (AvgIpc) is 2.58. The van der Waals surface area contributed by atoms with Gasteiger partial charge in [-0.15, -0.1) is 0 Å². The normalized spacial score (nSPS) is 16.2. The van der Waals surface area contributed by atoms with E-state index in [1.807, 2.05) is 19.1 Å². The van der Waals surface area contributed by atoms with E-state index in [0.29, 0.717) is 18.2 Å². The lowest BCUT2D eigenvalue weighted by Crippen LogP contribution is -2.47. The van der Waals surface area contributed by atoms with Crippen LogP contribution in [0.5, 0.6) is 0 Å². The van der Waals surface area contributed by atoms with Crippen molar-refractivity contribution in [2.24, 2.45) is 10.7 Å². The van der Waals surface area contributed by atoms with Crippen LogP contribution in [0.25, 0.3) is 0 Å². The predicted octanol–water partition coefficient (Wildman–Crippen LogP) is 1.82. The molecule has 6 heteroatoms. The van der Waals surface area contributed by atoms with Crippen LogP contribution in [-0.2, 0) is 0 Å². The number of hydrogen-bond donors (Lipinski definition) is 2. The average molecular weight is 333 g/mol. The molecule has 0 unspecified atom stereocenters. The molecule has 1 aliphatic rings. The van der Waals surface area contributed by atoms with Gasteiger partial charge in [0.1, 0.15) is 5.82 Å². The van der Waals surface area contributed by atoms with Crippen LogP contribution in [0, 0.1) is 5.82 Å². The van der Waals surface area contributed by atoms with Crippen molar-refractivity contribution in [3.8, 4) is 0 Å². The predicted molar refractivity (Wildman–Crippen MR) is 99.0 cm³/mol. The van der Waals surface area contributed by atoms with E-state index in [4.69, 9.17) is 5.73 Å². The number of hydrogen-bond acceptors (Lipinski definition) is 3. The molecule has 1 fully saturated rings.